The molecule has 5 heteroatoms. The lowest BCUT2D eigenvalue weighted by Crippen LogP contribution is -2.48. The minimum atomic E-state index is -1.55. The number of piperidine rings is 1. The first-order valence-electron chi connectivity index (χ1n) is 8.48. The normalized spacial score (nSPS) is 17.9. The molecule has 1 amide bonds. The highest BCUT2D eigenvalue weighted by molar-refractivity contribution is 5.86. The number of carbonyl (C=O) groups is 1. The van der Waals surface area contributed by atoms with Crippen LogP contribution in [-0.2, 0) is 10.4 Å². The zero-order chi connectivity index (χ0) is 18.0. The molecule has 1 aliphatic rings. The Hall–Kier alpha value is -2.53. The van der Waals surface area contributed by atoms with Gasteiger partial charge in [0.05, 0.1) is 0 Å². The maximum Gasteiger partial charge on any atom is 0.258 e. The minimum Gasteiger partial charge on any atom is -0.508 e. The number of hydrogen-bond donors (Lipinski definition) is 3. The molecule has 2 aromatic carbocycles. The largest absolute Gasteiger partial charge is 0.508 e. The SMILES string of the molecule is C[C@](O)(C(=O)N1CCC(c2ccc(O)cc2O)CC1)c1ccccc1. The van der Waals surface area contributed by atoms with Crippen LogP contribution in [0.25, 0.3) is 0 Å². The molecule has 0 saturated carbocycles. The molecular formula is C20H23NO4. The van der Waals surface area contributed by atoms with Gasteiger partial charge in [-0.15, -0.1) is 0 Å². The molecular weight excluding hydrogens is 318 g/mol. The molecule has 5 nitrogen and oxygen atoms in total. The Morgan fingerprint density at radius 1 is 1.08 bits per heavy atom. The third kappa shape index (κ3) is 3.46. The first-order valence-corrected chi connectivity index (χ1v) is 8.48. The van der Waals surface area contributed by atoms with Crippen LogP contribution in [0.15, 0.2) is 48.5 Å². The van der Waals surface area contributed by atoms with Crippen molar-refractivity contribution < 1.29 is 20.1 Å². The zero-order valence-electron chi connectivity index (χ0n) is 14.2. The van der Waals surface area contributed by atoms with E-state index in [1.54, 1.807) is 41.3 Å². The number of aromatic hydroxyl groups is 2. The number of aliphatic hydroxyl groups is 1. The van der Waals surface area contributed by atoms with E-state index in [1.807, 2.05) is 6.07 Å². The van der Waals surface area contributed by atoms with Crippen LogP contribution in [0.1, 0.15) is 36.8 Å². The van der Waals surface area contributed by atoms with Crippen LogP contribution in [0, 0.1) is 0 Å². The number of benzene rings is 2. The summed E-state index contributed by atoms with van der Waals surface area (Å²) in [5.74, 6) is -0.0489. The van der Waals surface area contributed by atoms with Gasteiger partial charge in [-0.1, -0.05) is 36.4 Å². The van der Waals surface area contributed by atoms with Gasteiger partial charge in [0.2, 0.25) is 0 Å². The number of nitrogens with zero attached hydrogens (tertiary/aromatic N) is 1. The summed E-state index contributed by atoms with van der Waals surface area (Å²) < 4.78 is 0. The van der Waals surface area contributed by atoms with Crippen LogP contribution in [-0.4, -0.2) is 39.2 Å². The summed E-state index contributed by atoms with van der Waals surface area (Å²) >= 11 is 0. The summed E-state index contributed by atoms with van der Waals surface area (Å²) in [6.07, 6.45) is 1.41. The number of phenols is 2. The summed E-state index contributed by atoms with van der Waals surface area (Å²) in [5.41, 5.74) is -0.174. The lowest BCUT2D eigenvalue weighted by Gasteiger charge is -2.36. The van der Waals surface area contributed by atoms with Crippen LogP contribution < -0.4 is 0 Å². The zero-order valence-corrected chi connectivity index (χ0v) is 14.2. The molecule has 0 unspecified atom stereocenters. The summed E-state index contributed by atoms with van der Waals surface area (Å²) in [6.45, 7) is 2.57. The Kier molecular flexibility index (Phi) is 4.68. The van der Waals surface area contributed by atoms with Gasteiger partial charge >= 0.3 is 0 Å². The third-order valence-electron chi connectivity index (χ3n) is 4.99. The molecule has 1 heterocycles. The van der Waals surface area contributed by atoms with E-state index in [4.69, 9.17) is 0 Å². The summed E-state index contributed by atoms with van der Waals surface area (Å²) in [5, 5.41) is 30.1. The molecule has 1 fully saturated rings. The summed E-state index contributed by atoms with van der Waals surface area (Å²) in [6, 6.07) is 13.6. The van der Waals surface area contributed by atoms with Crippen LogP contribution in [0.5, 0.6) is 11.5 Å². The Morgan fingerprint density at radius 2 is 1.72 bits per heavy atom. The van der Waals surface area contributed by atoms with E-state index >= 15 is 0 Å². The van der Waals surface area contributed by atoms with E-state index in [0.717, 1.165) is 5.56 Å². The van der Waals surface area contributed by atoms with Gasteiger partial charge in [0.25, 0.3) is 5.91 Å². The van der Waals surface area contributed by atoms with Gasteiger partial charge in [0.15, 0.2) is 5.60 Å². The Bertz CT molecular complexity index is 750. The molecule has 1 atom stereocenters. The third-order valence-corrected chi connectivity index (χ3v) is 4.99. The average molecular weight is 341 g/mol. The fraction of sp³-hybridized carbons (Fsp3) is 0.350. The average Bonchev–Trinajstić information content (AvgIpc) is 2.62. The smallest absolute Gasteiger partial charge is 0.258 e. The molecule has 0 spiro atoms. The number of amides is 1. The van der Waals surface area contributed by atoms with Crippen LogP contribution in [0.4, 0.5) is 0 Å². The minimum absolute atomic E-state index is 0.0350. The molecule has 3 rings (SSSR count). The molecule has 0 bridgehead atoms. The molecule has 0 aromatic heterocycles. The molecule has 132 valence electrons. The van der Waals surface area contributed by atoms with Crippen LogP contribution in [0.3, 0.4) is 0 Å². The highest BCUT2D eigenvalue weighted by atomic mass is 16.3. The van der Waals surface area contributed by atoms with Gasteiger partial charge < -0.3 is 20.2 Å². The lowest BCUT2D eigenvalue weighted by atomic mass is 9.87. The standard InChI is InChI=1S/C20H23NO4/c1-20(25,15-5-3-2-4-6-15)19(24)21-11-9-14(10-12-21)17-8-7-16(22)13-18(17)23/h2-8,13-14,22-23,25H,9-12H2,1H3/t20-/m1/s1. The van der Waals surface area contributed by atoms with Gasteiger partial charge in [-0.25, -0.2) is 0 Å². The predicted molar refractivity (Wildman–Crippen MR) is 94.3 cm³/mol. The predicted octanol–water partition coefficient (Wildman–Crippen LogP) is 2.71. The van der Waals surface area contributed by atoms with E-state index in [0.29, 0.717) is 31.5 Å². The number of hydrogen-bond acceptors (Lipinski definition) is 4. The van der Waals surface area contributed by atoms with Crippen molar-refractivity contribution in [3.8, 4) is 11.5 Å². The summed E-state index contributed by atoms with van der Waals surface area (Å²) in [4.78, 5) is 14.5. The molecule has 2 aromatic rings. The van der Waals surface area contributed by atoms with Crippen LogP contribution >= 0.6 is 0 Å². The van der Waals surface area contributed by atoms with Crippen molar-refractivity contribution in [2.45, 2.75) is 31.3 Å². The monoisotopic (exact) mass is 341 g/mol. The van der Waals surface area contributed by atoms with Gasteiger partial charge in [-0.3, -0.25) is 4.79 Å². The van der Waals surface area contributed by atoms with Gasteiger partial charge in [0.1, 0.15) is 11.5 Å². The molecule has 0 radical (unpaired) electrons. The highest BCUT2D eigenvalue weighted by Gasteiger charge is 2.37. The Morgan fingerprint density at radius 3 is 2.32 bits per heavy atom. The number of rotatable bonds is 3. The van der Waals surface area contributed by atoms with Crippen molar-refractivity contribution in [3.05, 3.63) is 59.7 Å². The van der Waals surface area contributed by atoms with Crippen molar-refractivity contribution in [2.24, 2.45) is 0 Å². The molecule has 1 aliphatic heterocycles. The van der Waals surface area contributed by atoms with Crippen LogP contribution in [0.2, 0.25) is 0 Å². The van der Waals surface area contributed by atoms with Crippen molar-refractivity contribution in [1.29, 1.82) is 0 Å². The number of phenolic OH excluding ortho intramolecular Hbond substituents is 2. The Labute approximate surface area is 147 Å². The molecule has 25 heavy (non-hydrogen) atoms. The maximum atomic E-state index is 12.8. The number of likely N-dealkylation sites (tertiary alicyclic amines) is 1. The second kappa shape index (κ2) is 6.76. The Balaban J connectivity index is 1.68. The van der Waals surface area contributed by atoms with E-state index in [1.165, 1.54) is 13.0 Å². The topological polar surface area (TPSA) is 81.0 Å². The lowest BCUT2D eigenvalue weighted by molar-refractivity contribution is -0.151. The van der Waals surface area contributed by atoms with Crippen molar-refractivity contribution in [1.82, 2.24) is 4.90 Å². The maximum absolute atomic E-state index is 12.8. The van der Waals surface area contributed by atoms with Gasteiger partial charge in [-0.05, 0) is 42.9 Å². The van der Waals surface area contributed by atoms with Gasteiger partial charge in [-0.2, -0.15) is 0 Å². The quantitative estimate of drug-likeness (QED) is 0.802. The molecule has 0 aliphatic carbocycles. The highest BCUT2D eigenvalue weighted by Crippen LogP contribution is 2.36. The van der Waals surface area contributed by atoms with Crippen molar-refractivity contribution in [3.63, 3.8) is 0 Å². The summed E-state index contributed by atoms with van der Waals surface area (Å²) in [7, 11) is 0. The van der Waals surface area contributed by atoms with Crippen molar-refractivity contribution >= 4 is 5.91 Å². The fourth-order valence-electron chi connectivity index (χ4n) is 3.46. The van der Waals surface area contributed by atoms with E-state index in [9.17, 15) is 20.1 Å². The first kappa shape index (κ1) is 17.3. The second-order valence-corrected chi connectivity index (χ2v) is 6.75. The van der Waals surface area contributed by atoms with Gasteiger partial charge in [0, 0.05) is 19.2 Å². The van der Waals surface area contributed by atoms with E-state index < -0.39 is 5.60 Å². The van der Waals surface area contributed by atoms with E-state index in [2.05, 4.69) is 0 Å². The van der Waals surface area contributed by atoms with Crippen molar-refractivity contribution in [2.75, 3.05) is 13.1 Å². The molecule has 3 N–H and O–H groups in total. The second-order valence-electron chi connectivity index (χ2n) is 6.75. The molecule has 1 saturated heterocycles. The fourth-order valence-corrected chi connectivity index (χ4v) is 3.46. The number of carbonyl (C=O) groups excluding carboxylic acids is 1. The first-order chi connectivity index (χ1) is 11.9. The van der Waals surface area contributed by atoms with E-state index in [-0.39, 0.29) is 23.3 Å².